The van der Waals surface area contributed by atoms with Crippen LogP contribution in [0.1, 0.15) is 6.42 Å². The van der Waals surface area contributed by atoms with Gasteiger partial charge in [0.2, 0.25) is 5.91 Å². The zero-order chi connectivity index (χ0) is 14.0. The first-order chi connectivity index (χ1) is 8.49. The Labute approximate surface area is 113 Å². The lowest BCUT2D eigenvalue weighted by molar-refractivity contribution is -0.116. The lowest BCUT2D eigenvalue weighted by Crippen LogP contribution is -2.33. The van der Waals surface area contributed by atoms with Gasteiger partial charge < -0.3 is 15.5 Å². The van der Waals surface area contributed by atoms with Gasteiger partial charge in [-0.25, -0.2) is 0 Å². The van der Waals surface area contributed by atoms with Gasteiger partial charge in [-0.2, -0.15) is 12.6 Å². The highest BCUT2D eigenvalue weighted by Crippen LogP contribution is 1.99. The molecule has 0 heterocycles. The zero-order valence-corrected chi connectivity index (χ0v) is 11.5. The number of thiol groups is 1. The third kappa shape index (κ3) is 8.67. The molecule has 0 bridgehead atoms. The van der Waals surface area contributed by atoms with Gasteiger partial charge >= 0.3 is 0 Å². The number of terminal acetylenes is 1. The van der Waals surface area contributed by atoms with Crippen molar-refractivity contribution < 1.29 is 9.59 Å². The van der Waals surface area contributed by atoms with E-state index in [9.17, 15) is 9.59 Å². The standard InChI is InChI=1S/C12H19N3O2S/c1-4-10(16)14-12(18)7-9-15(3)8-5-6-11(17)13-2/h1,5-6,12,18H,7-9H2,2-3H3,(H,13,17)(H,14,16)/b6-5+. The summed E-state index contributed by atoms with van der Waals surface area (Å²) in [4.78, 5) is 23.8. The Bertz CT molecular complexity index is 350. The fourth-order valence-corrected chi connectivity index (χ4v) is 1.35. The zero-order valence-electron chi connectivity index (χ0n) is 10.6. The Morgan fingerprint density at radius 1 is 1.56 bits per heavy atom. The third-order valence-electron chi connectivity index (χ3n) is 2.15. The number of likely N-dealkylation sites (N-methyl/N-ethyl adjacent to an activating group) is 2. The molecule has 0 aliphatic carbocycles. The van der Waals surface area contributed by atoms with Gasteiger partial charge in [0.1, 0.15) is 0 Å². The van der Waals surface area contributed by atoms with Crippen LogP contribution in [0.4, 0.5) is 0 Å². The average molecular weight is 269 g/mol. The Morgan fingerprint density at radius 3 is 2.78 bits per heavy atom. The van der Waals surface area contributed by atoms with Crippen molar-refractivity contribution >= 4 is 24.4 Å². The number of hydrogen-bond acceptors (Lipinski definition) is 4. The van der Waals surface area contributed by atoms with E-state index < -0.39 is 5.91 Å². The molecule has 0 rings (SSSR count). The van der Waals surface area contributed by atoms with Gasteiger partial charge in [0, 0.05) is 26.2 Å². The average Bonchev–Trinajstić information content (AvgIpc) is 2.35. The van der Waals surface area contributed by atoms with E-state index in [-0.39, 0.29) is 11.3 Å². The molecule has 0 spiro atoms. The topological polar surface area (TPSA) is 61.4 Å². The molecule has 1 unspecified atom stereocenters. The molecule has 1 atom stereocenters. The molecule has 5 nitrogen and oxygen atoms in total. The van der Waals surface area contributed by atoms with E-state index in [0.717, 1.165) is 6.54 Å². The number of carbonyl (C=O) groups excluding carboxylic acids is 2. The van der Waals surface area contributed by atoms with Gasteiger partial charge in [0.25, 0.3) is 5.91 Å². The SMILES string of the molecule is C#CC(=O)NC(S)CCN(C)C/C=C/C(=O)NC. The summed E-state index contributed by atoms with van der Waals surface area (Å²) in [6.45, 7) is 1.38. The maximum Gasteiger partial charge on any atom is 0.296 e. The van der Waals surface area contributed by atoms with Crippen LogP contribution in [0.3, 0.4) is 0 Å². The molecule has 0 aromatic heterocycles. The predicted octanol–water partition coefficient (Wildman–Crippen LogP) is -0.384. The maximum absolute atomic E-state index is 10.9. The maximum atomic E-state index is 10.9. The van der Waals surface area contributed by atoms with Gasteiger partial charge in [-0.1, -0.05) is 6.08 Å². The Morgan fingerprint density at radius 2 is 2.22 bits per heavy atom. The minimum absolute atomic E-state index is 0.128. The van der Waals surface area contributed by atoms with E-state index >= 15 is 0 Å². The second-order valence-corrected chi connectivity index (χ2v) is 4.32. The summed E-state index contributed by atoms with van der Waals surface area (Å²) >= 11 is 4.20. The molecular formula is C12H19N3O2S. The highest BCUT2D eigenvalue weighted by molar-refractivity contribution is 7.80. The normalized spacial score (nSPS) is 12.2. The van der Waals surface area contributed by atoms with Crippen molar-refractivity contribution in [3.05, 3.63) is 12.2 Å². The first-order valence-corrected chi connectivity index (χ1v) is 6.03. The molecule has 0 aliphatic heterocycles. The fourth-order valence-electron chi connectivity index (χ4n) is 1.12. The molecule has 0 aromatic carbocycles. The molecule has 18 heavy (non-hydrogen) atoms. The van der Waals surface area contributed by atoms with Crippen LogP contribution in [0.2, 0.25) is 0 Å². The molecule has 0 radical (unpaired) electrons. The molecule has 2 amide bonds. The Kier molecular flexibility index (Phi) is 8.80. The molecule has 0 aliphatic rings. The minimum atomic E-state index is -0.461. The van der Waals surface area contributed by atoms with E-state index in [1.54, 1.807) is 13.1 Å². The van der Waals surface area contributed by atoms with Crippen LogP contribution >= 0.6 is 12.6 Å². The Balaban J connectivity index is 3.80. The van der Waals surface area contributed by atoms with Gasteiger partial charge in [-0.15, -0.1) is 6.42 Å². The van der Waals surface area contributed by atoms with Gasteiger partial charge in [0.05, 0.1) is 5.37 Å². The van der Waals surface area contributed by atoms with Crippen molar-refractivity contribution in [2.24, 2.45) is 0 Å². The Hall–Kier alpha value is -1.45. The van der Waals surface area contributed by atoms with Crippen LogP contribution < -0.4 is 10.6 Å². The molecule has 100 valence electrons. The van der Waals surface area contributed by atoms with Crippen LogP contribution in [0.5, 0.6) is 0 Å². The summed E-state index contributed by atoms with van der Waals surface area (Å²) < 4.78 is 0. The van der Waals surface area contributed by atoms with Crippen LogP contribution in [-0.2, 0) is 9.59 Å². The van der Waals surface area contributed by atoms with Gasteiger partial charge in [-0.05, 0) is 19.4 Å². The van der Waals surface area contributed by atoms with E-state index in [2.05, 4.69) is 23.3 Å². The van der Waals surface area contributed by atoms with Gasteiger partial charge in [0.15, 0.2) is 0 Å². The summed E-state index contributed by atoms with van der Waals surface area (Å²) in [6, 6.07) is 0. The predicted molar refractivity (Wildman–Crippen MR) is 75.1 cm³/mol. The molecule has 2 N–H and O–H groups in total. The summed E-state index contributed by atoms with van der Waals surface area (Å²) in [7, 11) is 3.49. The lowest BCUT2D eigenvalue weighted by atomic mass is 10.3. The summed E-state index contributed by atoms with van der Waals surface area (Å²) in [5.41, 5.74) is 0. The van der Waals surface area contributed by atoms with Crippen LogP contribution in [0, 0.1) is 12.3 Å². The number of nitrogens with one attached hydrogen (secondary N) is 2. The van der Waals surface area contributed by atoms with E-state index in [1.807, 2.05) is 17.9 Å². The number of amides is 2. The number of nitrogens with zero attached hydrogens (tertiary/aromatic N) is 1. The summed E-state index contributed by atoms with van der Waals surface area (Å²) in [6.07, 6.45) is 8.85. The highest BCUT2D eigenvalue weighted by Gasteiger charge is 2.06. The van der Waals surface area contributed by atoms with E-state index in [1.165, 1.54) is 6.08 Å². The van der Waals surface area contributed by atoms with Crippen LogP contribution in [0.15, 0.2) is 12.2 Å². The lowest BCUT2D eigenvalue weighted by Gasteiger charge is -2.17. The summed E-state index contributed by atoms with van der Waals surface area (Å²) in [5, 5.41) is 4.78. The van der Waals surface area contributed by atoms with Crippen LogP contribution in [0.25, 0.3) is 0 Å². The van der Waals surface area contributed by atoms with Crippen LogP contribution in [-0.4, -0.2) is 49.3 Å². The van der Waals surface area contributed by atoms with E-state index in [0.29, 0.717) is 13.0 Å². The fraction of sp³-hybridized carbons (Fsp3) is 0.500. The van der Waals surface area contributed by atoms with E-state index in [4.69, 9.17) is 6.42 Å². The molecule has 0 saturated carbocycles. The largest absolute Gasteiger partial charge is 0.356 e. The molecule has 0 aromatic rings. The summed E-state index contributed by atoms with van der Waals surface area (Å²) in [5.74, 6) is 1.38. The van der Waals surface area contributed by atoms with Crippen molar-refractivity contribution in [3.8, 4) is 12.3 Å². The number of hydrogen-bond donors (Lipinski definition) is 3. The second kappa shape index (κ2) is 9.57. The number of rotatable bonds is 7. The third-order valence-corrected chi connectivity index (χ3v) is 2.53. The minimum Gasteiger partial charge on any atom is -0.356 e. The monoisotopic (exact) mass is 269 g/mol. The van der Waals surface area contributed by atoms with Crippen molar-refractivity contribution in [1.29, 1.82) is 0 Å². The molecule has 0 saturated heterocycles. The molecule has 6 heteroatoms. The molecule has 0 fully saturated rings. The molecular weight excluding hydrogens is 250 g/mol. The van der Waals surface area contributed by atoms with Gasteiger partial charge in [-0.3, -0.25) is 9.59 Å². The van der Waals surface area contributed by atoms with Crippen molar-refractivity contribution in [2.75, 3.05) is 27.2 Å². The van der Waals surface area contributed by atoms with Crippen molar-refractivity contribution in [1.82, 2.24) is 15.5 Å². The van der Waals surface area contributed by atoms with Crippen molar-refractivity contribution in [2.45, 2.75) is 11.8 Å². The first kappa shape index (κ1) is 16.6. The number of carbonyl (C=O) groups is 2. The smallest absolute Gasteiger partial charge is 0.296 e. The quantitative estimate of drug-likeness (QED) is 0.255. The second-order valence-electron chi connectivity index (χ2n) is 3.70. The first-order valence-electron chi connectivity index (χ1n) is 5.51. The highest BCUT2D eigenvalue weighted by atomic mass is 32.1. The van der Waals surface area contributed by atoms with Crippen molar-refractivity contribution in [3.63, 3.8) is 0 Å².